The van der Waals surface area contributed by atoms with E-state index in [1.165, 1.54) is 0 Å². The van der Waals surface area contributed by atoms with Gasteiger partial charge in [0.25, 0.3) is 0 Å². The molecule has 0 radical (unpaired) electrons. The van der Waals surface area contributed by atoms with Crippen molar-refractivity contribution in [2.75, 3.05) is 20.1 Å². The van der Waals surface area contributed by atoms with Gasteiger partial charge in [0.15, 0.2) is 0 Å². The molecule has 1 aromatic heterocycles. The molecular weight excluding hydrogens is 306 g/mol. The van der Waals surface area contributed by atoms with Crippen LogP contribution in [0, 0.1) is 5.92 Å². The molecule has 6 heteroatoms. The molecule has 0 spiro atoms. The lowest BCUT2D eigenvalue weighted by Gasteiger charge is -2.34. The highest BCUT2D eigenvalue weighted by Crippen LogP contribution is 2.22. The van der Waals surface area contributed by atoms with E-state index in [9.17, 15) is 9.59 Å². The third kappa shape index (κ3) is 5.22. The van der Waals surface area contributed by atoms with Crippen LogP contribution in [-0.2, 0) is 16.1 Å². The van der Waals surface area contributed by atoms with Gasteiger partial charge in [-0.25, -0.2) is 4.79 Å². The lowest BCUT2D eigenvalue weighted by molar-refractivity contribution is -0.136. The highest BCUT2D eigenvalue weighted by atomic mass is 16.6. The van der Waals surface area contributed by atoms with Crippen LogP contribution < -0.4 is 0 Å². The molecule has 0 saturated carbocycles. The first-order valence-corrected chi connectivity index (χ1v) is 8.38. The Labute approximate surface area is 143 Å². The van der Waals surface area contributed by atoms with Crippen LogP contribution in [0.15, 0.2) is 24.5 Å². The van der Waals surface area contributed by atoms with Gasteiger partial charge in [-0.2, -0.15) is 0 Å². The van der Waals surface area contributed by atoms with E-state index in [4.69, 9.17) is 4.74 Å². The number of carbonyl (C=O) groups is 2. The zero-order chi connectivity index (χ0) is 17.7. The summed E-state index contributed by atoms with van der Waals surface area (Å²) in [6.45, 7) is 7.24. The minimum absolute atomic E-state index is 0.0367. The highest BCUT2D eigenvalue weighted by Gasteiger charge is 2.31. The molecule has 0 N–H and O–H groups in total. The fourth-order valence-electron chi connectivity index (χ4n) is 2.79. The van der Waals surface area contributed by atoms with E-state index in [1.54, 1.807) is 22.2 Å². The number of pyridine rings is 1. The van der Waals surface area contributed by atoms with Gasteiger partial charge < -0.3 is 14.5 Å². The second kappa shape index (κ2) is 7.64. The average Bonchev–Trinajstić information content (AvgIpc) is 2.53. The molecule has 1 aliphatic heterocycles. The van der Waals surface area contributed by atoms with Crippen molar-refractivity contribution in [2.24, 2.45) is 5.92 Å². The molecule has 1 aliphatic rings. The smallest absolute Gasteiger partial charge is 0.410 e. The van der Waals surface area contributed by atoms with Crippen molar-refractivity contribution in [3.05, 3.63) is 30.1 Å². The molecule has 0 bridgehead atoms. The summed E-state index contributed by atoms with van der Waals surface area (Å²) in [7, 11) is 1.82. The molecule has 132 valence electrons. The van der Waals surface area contributed by atoms with Gasteiger partial charge in [0.2, 0.25) is 5.91 Å². The minimum Gasteiger partial charge on any atom is -0.444 e. The maximum atomic E-state index is 12.6. The molecule has 2 amide bonds. The summed E-state index contributed by atoms with van der Waals surface area (Å²) >= 11 is 0. The quantitative estimate of drug-likeness (QED) is 0.853. The first-order chi connectivity index (χ1) is 11.3. The fraction of sp³-hybridized carbons (Fsp3) is 0.611. The van der Waals surface area contributed by atoms with Gasteiger partial charge in [-0.15, -0.1) is 0 Å². The number of piperidine rings is 1. The number of likely N-dealkylation sites (tertiary alicyclic amines) is 1. The molecule has 6 nitrogen and oxygen atoms in total. The molecule has 0 atom stereocenters. The predicted octanol–water partition coefficient (Wildman–Crippen LogP) is 2.69. The molecular formula is C18H27N3O3. The maximum Gasteiger partial charge on any atom is 0.410 e. The van der Waals surface area contributed by atoms with E-state index in [0.717, 1.165) is 5.56 Å². The molecule has 0 aliphatic carbocycles. The Balaban J connectivity index is 1.83. The topological polar surface area (TPSA) is 62.7 Å². The third-order valence-electron chi connectivity index (χ3n) is 4.01. The van der Waals surface area contributed by atoms with Crippen molar-refractivity contribution in [2.45, 2.75) is 45.8 Å². The van der Waals surface area contributed by atoms with E-state index >= 15 is 0 Å². The summed E-state index contributed by atoms with van der Waals surface area (Å²) in [4.78, 5) is 32.1. The van der Waals surface area contributed by atoms with Crippen LogP contribution in [0.3, 0.4) is 0 Å². The molecule has 0 aromatic carbocycles. The van der Waals surface area contributed by atoms with Gasteiger partial charge in [0.1, 0.15) is 5.60 Å². The van der Waals surface area contributed by atoms with Crippen molar-refractivity contribution in [3.8, 4) is 0 Å². The van der Waals surface area contributed by atoms with Crippen LogP contribution in [0.4, 0.5) is 4.79 Å². The standard InChI is InChI=1S/C18H27N3O3/c1-18(2,3)24-17(23)21-10-7-15(8-11-21)16(22)20(4)13-14-6-5-9-19-12-14/h5-6,9,12,15H,7-8,10-11,13H2,1-4H3. The summed E-state index contributed by atoms with van der Waals surface area (Å²) in [5.41, 5.74) is 0.521. The van der Waals surface area contributed by atoms with Crippen LogP contribution in [0.25, 0.3) is 0 Å². The first-order valence-electron chi connectivity index (χ1n) is 8.38. The molecule has 1 saturated heterocycles. The second-order valence-electron chi connectivity index (χ2n) is 7.30. The van der Waals surface area contributed by atoms with Crippen LogP contribution in [0.5, 0.6) is 0 Å². The van der Waals surface area contributed by atoms with Gasteiger partial charge in [0.05, 0.1) is 0 Å². The predicted molar refractivity (Wildman–Crippen MR) is 91.2 cm³/mol. The number of nitrogens with zero attached hydrogens (tertiary/aromatic N) is 3. The largest absolute Gasteiger partial charge is 0.444 e. The number of amides is 2. The maximum absolute atomic E-state index is 12.6. The van der Waals surface area contributed by atoms with Crippen LogP contribution in [0.2, 0.25) is 0 Å². The number of hydrogen-bond donors (Lipinski definition) is 0. The number of carbonyl (C=O) groups excluding carboxylic acids is 2. The Morgan fingerprint density at radius 2 is 2.00 bits per heavy atom. The summed E-state index contributed by atoms with van der Waals surface area (Å²) in [5.74, 6) is 0.0908. The van der Waals surface area contributed by atoms with Crippen LogP contribution in [0.1, 0.15) is 39.2 Å². The van der Waals surface area contributed by atoms with E-state index in [-0.39, 0.29) is 17.9 Å². The van der Waals surface area contributed by atoms with Crippen LogP contribution >= 0.6 is 0 Å². The van der Waals surface area contributed by atoms with Gasteiger partial charge in [-0.05, 0) is 45.2 Å². The van der Waals surface area contributed by atoms with Crippen molar-refractivity contribution in [1.82, 2.24) is 14.8 Å². The number of rotatable bonds is 3. The molecule has 2 heterocycles. The van der Waals surface area contributed by atoms with Gasteiger partial charge in [0, 0.05) is 45.0 Å². The Morgan fingerprint density at radius 1 is 1.33 bits per heavy atom. The molecule has 1 fully saturated rings. The summed E-state index contributed by atoms with van der Waals surface area (Å²) in [6.07, 6.45) is 4.55. The summed E-state index contributed by atoms with van der Waals surface area (Å²) in [5, 5.41) is 0. The Bertz CT molecular complexity index is 561. The number of aromatic nitrogens is 1. The zero-order valence-electron chi connectivity index (χ0n) is 15.0. The normalized spacial score (nSPS) is 15.9. The Hall–Kier alpha value is -2.11. The second-order valence-corrected chi connectivity index (χ2v) is 7.30. The lowest BCUT2D eigenvalue weighted by Crippen LogP contribution is -2.45. The molecule has 2 rings (SSSR count). The van der Waals surface area contributed by atoms with Crippen LogP contribution in [-0.4, -0.2) is 52.5 Å². The molecule has 0 unspecified atom stereocenters. The minimum atomic E-state index is -0.492. The number of ether oxygens (including phenoxy) is 1. The van der Waals surface area contributed by atoms with Crippen molar-refractivity contribution in [3.63, 3.8) is 0 Å². The Morgan fingerprint density at radius 3 is 2.54 bits per heavy atom. The lowest BCUT2D eigenvalue weighted by atomic mass is 9.95. The highest BCUT2D eigenvalue weighted by molar-refractivity contribution is 5.79. The van der Waals surface area contributed by atoms with Gasteiger partial charge in [-0.1, -0.05) is 6.07 Å². The third-order valence-corrected chi connectivity index (χ3v) is 4.01. The first kappa shape index (κ1) is 18.2. The summed E-state index contributed by atoms with van der Waals surface area (Å²) < 4.78 is 5.38. The Kier molecular flexibility index (Phi) is 5.80. The zero-order valence-corrected chi connectivity index (χ0v) is 15.0. The van der Waals surface area contributed by atoms with Gasteiger partial charge in [-0.3, -0.25) is 9.78 Å². The monoisotopic (exact) mass is 333 g/mol. The number of hydrogen-bond acceptors (Lipinski definition) is 4. The van der Waals surface area contributed by atoms with Crippen molar-refractivity contribution < 1.29 is 14.3 Å². The van der Waals surface area contributed by atoms with Crippen molar-refractivity contribution >= 4 is 12.0 Å². The SMILES string of the molecule is CN(Cc1cccnc1)C(=O)C1CCN(C(=O)OC(C)(C)C)CC1. The molecule has 1 aromatic rings. The van der Waals surface area contributed by atoms with E-state index in [2.05, 4.69) is 4.98 Å². The van der Waals surface area contributed by atoms with E-state index < -0.39 is 5.60 Å². The van der Waals surface area contributed by atoms with E-state index in [0.29, 0.717) is 32.5 Å². The van der Waals surface area contributed by atoms with E-state index in [1.807, 2.05) is 40.0 Å². The van der Waals surface area contributed by atoms with Gasteiger partial charge >= 0.3 is 6.09 Å². The fourth-order valence-corrected chi connectivity index (χ4v) is 2.79. The average molecular weight is 333 g/mol. The molecule has 24 heavy (non-hydrogen) atoms. The van der Waals surface area contributed by atoms with Crippen molar-refractivity contribution in [1.29, 1.82) is 0 Å². The summed E-state index contributed by atoms with van der Waals surface area (Å²) in [6, 6.07) is 3.83.